The van der Waals surface area contributed by atoms with Gasteiger partial charge in [0.15, 0.2) is 0 Å². The highest BCUT2D eigenvalue weighted by Crippen LogP contribution is 2.34. The summed E-state index contributed by atoms with van der Waals surface area (Å²) in [5.41, 5.74) is 4.05. The fourth-order valence-corrected chi connectivity index (χ4v) is 5.38. The van der Waals surface area contributed by atoms with E-state index in [1.54, 1.807) is 24.3 Å². The van der Waals surface area contributed by atoms with Crippen LogP contribution >= 0.6 is 0 Å². The molecule has 6 nitrogen and oxygen atoms in total. The Morgan fingerprint density at radius 1 is 0.727 bits per heavy atom. The molecule has 0 saturated heterocycles. The zero-order chi connectivity index (χ0) is 31.1. The second-order valence-corrected chi connectivity index (χ2v) is 11.4. The smallest absolute Gasteiger partial charge is 0.261 e. The number of hydrogen-bond donors (Lipinski definition) is 0. The van der Waals surface area contributed by atoms with Crippen molar-refractivity contribution in [1.82, 2.24) is 4.90 Å². The van der Waals surface area contributed by atoms with Gasteiger partial charge in [-0.2, -0.15) is 0 Å². The molecule has 2 amide bonds. The highest BCUT2D eigenvalue weighted by atomic mass is 16.5. The number of rotatable bonds is 14. The third kappa shape index (κ3) is 6.86. The molecule has 4 aromatic carbocycles. The van der Waals surface area contributed by atoms with E-state index >= 15 is 0 Å². The molecule has 0 bridgehead atoms. The molecule has 0 aromatic heterocycles. The van der Waals surface area contributed by atoms with Crippen molar-refractivity contribution in [3.63, 3.8) is 0 Å². The number of carbonyl (C=O) groups is 2. The van der Waals surface area contributed by atoms with Crippen LogP contribution in [0.1, 0.15) is 77.4 Å². The predicted octanol–water partition coefficient (Wildman–Crippen LogP) is 8.66. The fraction of sp³-hybridized carbons (Fsp3) is 0.263. The molecule has 0 N–H and O–H groups in total. The van der Waals surface area contributed by atoms with E-state index in [2.05, 4.69) is 44.7 Å². The molecule has 0 radical (unpaired) electrons. The maximum atomic E-state index is 12.5. The summed E-state index contributed by atoms with van der Waals surface area (Å²) < 4.78 is 17.6. The first-order chi connectivity index (χ1) is 21.3. The Labute approximate surface area is 259 Å². The Kier molecular flexibility index (Phi) is 9.49. The monoisotopic (exact) mass is 589 g/mol. The van der Waals surface area contributed by atoms with Crippen molar-refractivity contribution >= 4 is 17.6 Å². The van der Waals surface area contributed by atoms with Crippen LogP contribution in [0.2, 0.25) is 0 Å². The second-order valence-electron chi connectivity index (χ2n) is 11.4. The number of ether oxygens (including phenoxy) is 3. The summed E-state index contributed by atoms with van der Waals surface area (Å²) in [6, 6.07) is 31.2. The zero-order valence-electron chi connectivity index (χ0n) is 25.7. The average Bonchev–Trinajstić information content (AvgIpc) is 3.28. The Morgan fingerprint density at radius 2 is 1.34 bits per heavy atom. The molecule has 1 heterocycles. The maximum absolute atomic E-state index is 12.5. The lowest BCUT2D eigenvalue weighted by Gasteiger charge is -2.26. The molecule has 0 saturated carbocycles. The number of nitrogens with zero attached hydrogens (tertiary/aromatic N) is 1. The highest BCUT2D eigenvalue weighted by molar-refractivity contribution is 6.21. The number of unbranched alkanes of at least 4 members (excludes halogenated alkanes) is 2. The van der Waals surface area contributed by atoms with Crippen LogP contribution in [0.4, 0.5) is 0 Å². The van der Waals surface area contributed by atoms with Gasteiger partial charge in [-0.3, -0.25) is 14.5 Å². The minimum absolute atomic E-state index is 0.194. The lowest BCUT2D eigenvalue weighted by atomic mass is 9.78. The summed E-state index contributed by atoms with van der Waals surface area (Å²) in [4.78, 5) is 26.4. The highest BCUT2D eigenvalue weighted by Gasteiger charge is 2.34. The minimum atomic E-state index is -0.212. The summed E-state index contributed by atoms with van der Waals surface area (Å²) in [7, 11) is 0. The first-order valence-electron chi connectivity index (χ1n) is 15.2. The average molecular weight is 590 g/mol. The van der Waals surface area contributed by atoms with Crippen LogP contribution in [0, 0.1) is 0 Å². The molecule has 6 heteroatoms. The molecule has 4 aromatic rings. The maximum Gasteiger partial charge on any atom is 0.261 e. The lowest BCUT2D eigenvalue weighted by Crippen LogP contribution is -2.30. The molecule has 0 fully saturated rings. The van der Waals surface area contributed by atoms with Gasteiger partial charge in [-0.25, -0.2) is 0 Å². The molecule has 0 aliphatic carbocycles. The van der Waals surface area contributed by atoms with E-state index in [1.807, 2.05) is 55.5 Å². The minimum Gasteiger partial charge on any atom is -0.494 e. The van der Waals surface area contributed by atoms with Crippen LogP contribution in [0.25, 0.3) is 5.76 Å². The Balaban J connectivity index is 1.08. The molecule has 0 unspecified atom stereocenters. The largest absolute Gasteiger partial charge is 0.494 e. The van der Waals surface area contributed by atoms with E-state index in [4.69, 9.17) is 14.2 Å². The lowest BCUT2D eigenvalue weighted by molar-refractivity contribution is 0.0651. The molecule has 44 heavy (non-hydrogen) atoms. The van der Waals surface area contributed by atoms with Crippen LogP contribution in [0.3, 0.4) is 0 Å². The van der Waals surface area contributed by atoms with Crippen molar-refractivity contribution < 1.29 is 23.8 Å². The van der Waals surface area contributed by atoms with Crippen LogP contribution in [-0.2, 0) is 10.2 Å². The van der Waals surface area contributed by atoms with Gasteiger partial charge in [0.05, 0.1) is 24.3 Å². The number of benzene rings is 4. The van der Waals surface area contributed by atoms with Crippen molar-refractivity contribution in [2.45, 2.75) is 45.4 Å². The first-order valence-corrected chi connectivity index (χ1v) is 15.2. The van der Waals surface area contributed by atoms with Crippen molar-refractivity contribution in [3.8, 4) is 17.2 Å². The van der Waals surface area contributed by atoms with Crippen molar-refractivity contribution in [1.29, 1.82) is 0 Å². The zero-order valence-corrected chi connectivity index (χ0v) is 25.7. The molecule has 0 atom stereocenters. The summed E-state index contributed by atoms with van der Waals surface area (Å²) in [5.74, 6) is 2.55. The molecule has 226 valence electrons. The predicted molar refractivity (Wildman–Crippen MR) is 173 cm³/mol. The Bertz CT molecular complexity index is 1590. The van der Waals surface area contributed by atoms with E-state index in [9.17, 15) is 9.59 Å². The SMILES string of the molecule is C=C(OCC)c1cccc(Oc2ccc(C(C)(C)c3ccc(OCCCCCN4C(=O)c5ccccc5C4=O)cc3)cc2)c1. The summed E-state index contributed by atoms with van der Waals surface area (Å²) in [6.07, 6.45) is 2.46. The molecule has 0 spiro atoms. The van der Waals surface area contributed by atoms with Crippen LogP contribution in [-0.4, -0.2) is 36.5 Å². The van der Waals surface area contributed by atoms with Gasteiger partial charge >= 0.3 is 0 Å². The second kappa shape index (κ2) is 13.6. The molecule has 1 aliphatic rings. The summed E-state index contributed by atoms with van der Waals surface area (Å²) in [6.45, 7) is 11.9. The van der Waals surface area contributed by atoms with Crippen LogP contribution < -0.4 is 9.47 Å². The first kappa shape index (κ1) is 30.6. The topological polar surface area (TPSA) is 65.1 Å². The van der Waals surface area contributed by atoms with E-state index in [0.29, 0.717) is 36.6 Å². The van der Waals surface area contributed by atoms with Gasteiger partial charge in [0.2, 0.25) is 0 Å². The number of imide groups is 1. The van der Waals surface area contributed by atoms with Crippen LogP contribution in [0.5, 0.6) is 17.2 Å². The number of fused-ring (bicyclic) bond motifs is 1. The van der Waals surface area contributed by atoms with Crippen LogP contribution in [0.15, 0.2) is 104 Å². The van der Waals surface area contributed by atoms with E-state index in [-0.39, 0.29) is 17.2 Å². The van der Waals surface area contributed by atoms with Crippen molar-refractivity contribution in [2.24, 2.45) is 0 Å². The van der Waals surface area contributed by atoms with Gasteiger partial charge in [0, 0.05) is 17.5 Å². The Morgan fingerprint density at radius 3 is 1.95 bits per heavy atom. The quantitative estimate of drug-likeness (QED) is 0.0837. The van der Waals surface area contributed by atoms with Gasteiger partial charge < -0.3 is 14.2 Å². The van der Waals surface area contributed by atoms with Gasteiger partial charge in [0.25, 0.3) is 11.8 Å². The Hall–Kier alpha value is -4.84. The van der Waals surface area contributed by atoms with Gasteiger partial charge in [0.1, 0.15) is 23.0 Å². The third-order valence-corrected chi connectivity index (χ3v) is 8.04. The molecular formula is C38H39NO5. The third-order valence-electron chi connectivity index (χ3n) is 8.04. The molecule has 5 rings (SSSR count). The fourth-order valence-electron chi connectivity index (χ4n) is 5.38. The van der Waals surface area contributed by atoms with Gasteiger partial charge in [-0.1, -0.05) is 69.0 Å². The number of amides is 2. The normalized spacial score (nSPS) is 12.7. The van der Waals surface area contributed by atoms with Gasteiger partial charge in [-0.05, 0) is 85.8 Å². The molecular weight excluding hydrogens is 550 g/mol. The summed E-state index contributed by atoms with van der Waals surface area (Å²) in [5, 5.41) is 0. The van der Waals surface area contributed by atoms with E-state index in [0.717, 1.165) is 42.1 Å². The van der Waals surface area contributed by atoms with E-state index in [1.165, 1.54) is 16.0 Å². The number of hydrogen-bond acceptors (Lipinski definition) is 5. The number of carbonyl (C=O) groups excluding carboxylic acids is 2. The van der Waals surface area contributed by atoms with Crippen molar-refractivity contribution in [2.75, 3.05) is 19.8 Å². The molecule has 1 aliphatic heterocycles. The summed E-state index contributed by atoms with van der Waals surface area (Å²) >= 11 is 0. The van der Waals surface area contributed by atoms with E-state index < -0.39 is 0 Å². The van der Waals surface area contributed by atoms with Gasteiger partial charge in [-0.15, -0.1) is 0 Å². The standard InChI is InChI=1S/C38H39NO5/c1-5-42-27(2)28-12-11-13-33(26-28)44-32-22-18-30(19-23-32)38(3,4)29-16-20-31(21-17-29)43-25-10-6-9-24-39-36(40)34-14-7-8-15-35(34)37(39)41/h7-8,11-23,26H,2,5-6,9-10,24-25H2,1,3-4H3. The van der Waals surface area contributed by atoms with Crippen molar-refractivity contribution in [3.05, 3.63) is 131 Å².